The van der Waals surface area contributed by atoms with Crippen LogP contribution in [0.1, 0.15) is 57.2 Å². The highest BCUT2D eigenvalue weighted by Gasteiger charge is 2.44. The number of rotatable bonds is 5. The van der Waals surface area contributed by atoms with Crippen molar-refractivity contribution in [1.82, 2.24) is 25.1 Å². The lowest BCUT2D eigenvalue weighted by Gasteiger charge is -2.47. The van der Waals surface area contributed by atoms with E-state index >= 15 is 0 Å². The Balaban J connectivity index is 1.76. The second kappa shape index (κ2) is 7.84. The van der Waals surface area contributed by atoms with E-state index in [2.05, 4.69) is 20.4 Å². The summed E-state index contributed by atoms with van der Waals surface area (Å²) in [5.41, 5.74) is 0.851. The molecule has 0 atom stereocenters. The fraction of sp³-hybridized carbons (Fsp3) is 0.650. The number of benzene rings is 1. The fourth-order valence-corrected chi connectivity index (χ4v) is 4.75. The predicted molar refractivity (Wildman–Crippen MR) is 102 cm³/mol. The molecule has 0 bridgehead atoms. The van der Waals surface area contributed by atoms with Crippen molar-refractivity contribution in [2.45, 2.75) is 56.9 Å². The summed E-state index contributed by atoms with van der Waals surface area (Å²) in [6.45, 7) is 2.28. The van der Waals surface area contributed by atoms with Crippen molar-refractivity contribution < 1.29 is 9.47 Å². The molecule has 27 heavy (non-hydrogen) atoms. The molecule has 0 spiro atoms. The van der Waals surface area contributed by atoms with Gasteiger partial charge in [-0.2, -0.15) is 4.68 Å². The maximum atomic E-state index is 5.48. The molecule has 1 aliphatic heterocycles. The molecule has 2 fully saturated rings. The first-order chi connectivity index (χ1) is 13.3. The molecule has 0 N–H and O–H groups in total. The number of tetrazole rings is 1. The number of aromatic nitrogens is 4. The van der Waals surface area contributed by atoms with Crippen LogP contribution in [0.3, 0.4) is 0 Å². The lowest BCUT2D eigenvalue weighted by atomic mass is 9.78. The van der Waals surface area contributed by atoms with Gasteiger partial charge in [0.15, 0.2) is 17.3 Å². The van der Waals surface area contributed by atoms with Crippen LogP contribution in [0.25, 0.3) is 5.69 Å². The Morgan fingerprint density at radius 2 is 1.59 bits per heavy atom. The number of hydrogen-bond acceptors (Lipinski definition) is 6. The third-order valence-corrected chi connectivity index (χ3v) is 6.14. The van der Waals surface area contributed by atoms with E-state index in [1.165, 1.54) is 38.5 Å². The molecule has 0 radical (unpaired) electrons. The van der Waals surface area contributed by atoms with E-state index in [1.807, 2.05) is 22.9 Å². The summed E-state index contributed by atoms with van der Waals surface area (Å²) in [7, 11) is 3.30. The molecule has 1 saturated carbocycles. The topological polar surface area (TPSA) is 65.3 Å². The molecule has 2 aliphatic rings. The monoisotopic (exact) mass is 371 g/mol. The van der Waals surface area contributed by atoms with Gasteiger partial charge in [-0.15, -0.1) is 5.10 Å². The minimum Gasteiger partial charge on any atom is -0.493 e. The second-order valence-corrected chi connectivity index (χ2v) is 7.59. The summed E-state index contributed by atoms with van der Waals surface area (Å²) in [4.78, 5) is 2.65. The van der Waals surface area contributed by atoms with Crippen molar-refractivity contribution in [3.63, 3.8) is 0 Å². The summed E-state index contributed by atoms with van der Waals surface area (Å²) >= 11 is 0. The molecule has 7 heteroatoms. The van der Waals surface area contributed by atoms with Crippen molar-refractivity contribution in [1.29, 1.82) is 0 Å². The predicted octanol–water partition coefficient (Wildman–Crippen LogP) is 3.32. The molecule has 146 valence electrons. The smallest absolute Gasteiger partial charge is 0.176 e. The summed E-state index contributed by atoms with van der Waals surface area (Å²) < 4.78 is 12.8. The molecule has 1 aromatic carbocycles. The van der Waals surface area contributed by atoms with E-state index < -0.39 is 0 Å². The highest BCUT2D eigenvalue weighted by Crippen LogP contribution is 2.43. The standard InChI is InChI=1S/C20H29N5O2/c1-26-17-10-9-16(15-18(17)27-2)25-19(21-22-23-25)20(11-5-3-6-12-20)24-13-7-4-8-14-24/h9-10,15H,3-8,11-14H2,1-2H3. The maximum Gasteiger partial charge on any atom is 0.176 e. The van der Waals surface area contributed by atoms with Gasteiger partial charge >= 0.3 is 0 Å². The van der Waals surface area contributed by atoms with Gasteiger partial charge in [0.05, 0.1) is 25.4 Å². The Kier molecular flexibility index (Phi) is 5.29. The van der Waals surface area contributed by atoms with Gasteiger partial charge in [-0.3, -0.25) is 4.90 Å². The number of methoxy groups -OCH3 is 2. The molecule has 2 aromatic rings. The number of ether oxygens (including phenoxy) is 2. The van der Waals surface area contributed by atoms with Gasteiger partial charge < -0.3 is 9.47 Å². The number of hydrogen-bond donors (Lipinski definition) is 0. The van der Waals surface area contributed by atoms with E-state index in [1.54, 1.807) is 14.2 Å². The average molecular weight is 371 g/mol. The molecular formula is C20H29N5O2. The highest BCUT2D eigenvalue weighted by atomic mass is 16.5. The Hall–Kier alpha value is -2.15. The largest absolute Gasteiger partial charge is 0.493 e. The molecule has 1 aromatic heterocycles. The Morgan fingerprint density at radius 1 is 0.889 bits per heavy atom. The summed E-state index contributed by atoms with van der Waals surface area (Å²) in [6.07, 6.45) is 9.87. The van der Waals surface area contributed by atoms with E-state index in [9.17, 15) is 0 Å². The number of likely N-dealkylation sites (tertiary alicyclic amines) is 1. The zero-order valence-corrected chi connectivity index (χ0v) is 16.4. The third kappa shape index (κ3) is 3.29. The van der Waals surface area contributed by atoms with Gasteiger partial charge in [-0.05, 0) is 61.3 Å². The SMILES string of the molecule is COc1ccc(-n2nnnc2C2(N3CCCCC3)CCCCC2)cc1OC. The first-order valence-electron chi connectivity index (χ1n) is 10.0. The van der Waals surface area contributed by atoms with Gasteiger partial charge in [0.25, 0.3) is 0 Å². The summed E-state index contributed by atoms with van der Waals surface area (Å²) in [6, 6.07) is 5.85. The molecule has 1 saturated heterocycles. The zero-order valence-electron chi connectivity index (χ0n) is 16.4. The molecule has 7 nitrogen and oxygen atoms in total. The summed E-state index contributed by atoms with van der Waals surface area (Å²) in [5.74, 6) is 2.36. The minimum absolute atomic E-state index is 0.0602. The first-order valence-corrected chi connectivity index (χ1v) is 10.0. The Morgan fingerprint density at radius 3 is 2.30 bits per heavy atom. The van der Waals surface area contributed by atoms with E-state index in [4.69, 9.17) is 9.47 Å². The normalized spacial score (nSPS) is 20.4. The van der Waals surface area contributed by atoms with E-state index in [0.29, 0.717) is 11.5 Å². The number of piperidine rings is 1. The molecule has 1 aliphatic carbocycles. The van der Waals surface area contributed by atoms with E-state index in [-0.39, 0.29) is 5.54 Å². The van der Waals surface area contributed by atoms with Crippen molar-refractivity contribution in [3.8, 4) is 17.2 Å². The second-order valence-electron chi connectivity index (χ2n) is 7.59. The fourth-order valence-electron chi connectivity index (χ4n) is 4.75. The maximum absolute atomic E-state index is 5.48. The van der Waals surface area contributed by atoms with Crippen LogP contribution in [-0.4, -0.2) is 52.4 Å². The molecule has 2 heterocycles. The lowest BCUT2D eigenvalue weighted by molar-refractivity contribution is 0.0213. The van der Waals surface area contributed by atoms with E-state index in [0.717, 1.165) is 37.4 Å². The van der Waals surface area contributed by atoms with Gasteiger partial charge in [0.2, 0.25) is 0 Å². The van der Waals surface area contributed by atoms with Gasteiger partial charge in [0, 0.05) is 6.07 Å². The summed E-state index contributed by atoms with van der Waals surface area (Å²) in [5, 5.41) is 13.0. The molecule has 0 unspecified atom stereocenters. The van der Waals surface area contributed by atoms with Crippen molar-refractivity contribution in [2.75, 3.05) is 27.3 Å². The average Bonchev–Trinajstić information content (AvgIpc) is 3.25. The van der Waals surface area contributed by atoms with Crippen LogP contribution >= 0.6 is 0 Å². The molecular weight excluding hydrogens is 342 g/mol. The van der Waals surface area contributed by atoms with Crippen LogP contribution in [0, 0.1) is 0 Å². The molecule has 0 amide bonds. The van der Waals surface area contributed by atoms with Crippen molar-refractivity contribution >= 4 is 0 Å². The van der Waals surface area contributed by atoms with Gasteiger partial charge in [-0.25, -0.2) is 0 Å². The van der Waals surface area contributed by atoms with Gasteiger partial charge in [0.1, 0.15) is 0 Å². The zero-order chi connectivity index (χ0) is 18.7. The minimum atomic E-state index is -0.0602. The number of nitrogens with zero attached hydrogens (tertiary/aromatic N) is 5. The van der Waals surface area contributed by atoms with Crippen LogP contribution in [0.5, 0.6) is 11.5 Å². The van der Waals surface area contributed by atoms with Crippen LogP contribution in [0.2, 0.25) is 0 Å². The van der Waals surface area contributed by atoms with Crippen molar-refractivity contribution in [2.24, 2.45) is 0 Å². The van der Waals surface area contributed by atoms with Crippen molar-refractivity contribution in [3.05, 3.63) is 24.0 Å². The van der Waals surface area contributed by atoms with Crippen LogP contribution in [0.4, 0.5) is 0 Å². The van der Waals surface area contributed by atoms with Crippen LogP contribution in [0.15, 0.2) is 18.2 Å². The first kappa shape index (κ1) is 18.2. The Bertz CT molecular complexity index is 763. The lowest BCUT2D eigenvalue weighted by Crippen LogP contribution is -2.51. The van der Waals surface area contributed by atoms with Gasteiger partial charge in [-0.1, -0.05) is 25.7 Å². The Labute approximate surface area is 160 Å². The molecule has 4 rings (SSSR count). The third-order valence-electron chi connectivity index (χ3n) is 6.14. The quantitative estimate of drug-likeness (QED) is 0.803. The van der Waals surface area contributed by atoms with Crippen LogP contribution < -0.4 is 9.47 Å². The highest BCUT2D eigenvalue weighted by molar-refractivity contribution is 5.48. The van der Waals surface area contributed by atoms with Crippen LogP contribution in [-0.2, 0) is 5.54 Å².